The monoisotopic (exact) mass is 444 g/mol. The summed E-state index contributed by atoms with van der Waals surface area (Å²) in [5, 5.41) is 7.41. The molecular formula is C24H27F3N4O. The van der Waals surface area contributed by atoms with Crippen molar-refractivity contribution in [3.05, 3.63) is 71.6 Å². The molecule has 0 aliphatic carbocycles. The molecule has 0 spiro atoms. The van der Waals surface area contributed by atoms with Crippen molar-refractivity contribution in [1.29, 1.82) is 0 Å². The van der Waals surface area contributed by atoms with Crippen molar-refractivity contribution in [3.8, 4) is 11.4 Å². The van der Waals surface area contributed by atoms with E-state index >= 15 is 0 Å². The van der Waals surface area contributed by atoms with Gasteiger partial charge in [0.15, 0.2) is 0 Å². The molecule has 0 radical (unpaired) electrons. The van der Waals surface area contributed by atoms with Crippen LogP contribution < -0.4 is 5.32 Å². The molecule has 32 heavy (non-hydrogen) atoms. The zero-order chi connectivity index (χ0) is 22.7. The summed E-state index contributed by atoms with van der Waals surface area (Å²) in [4.78, 5) is 6.80. The van der Waals surface area contributed by atoms with Gasteiger partial charge in [0.1, 0.15) is 0 Å². The topological polar surface area (TPSA) is 54.2 Å². The summed E-state index contributed by atoms with van der Waals surface area (Å²) in [7, 11) is 0. The number of likely N-dealkylation sites (tertiary alicyclic amines) is 1. The highest BCUT2D eigenvalue weighted by Crippen LogP contribution is 2.32. The molecule has 1 aliphatic rings. The Hall–Kier alpha value is -2.71. The second-order valence-electron chi connectivity index (χ2n) is 8.48. The van der Waals surface area contributed by atoms with Gasteiger partial charge in [-0.2, -0.15) is 18.2 Å². The molecule has 1 aromatic heterocycles. The van der Waals surface area contributed by atoms with E-state index in [1.807, 2.05) is 13.0 Å². The van der Waals surface area contributed by atoms with Crippen molar-refractivity contribution in [2.45, 2.75) is 45.1 Å². The number of nitrogens with zero attached hydrogens (tertiary/aromatic N) is 3. The summed E-state index contributed by atoms with van der Waals surface area (Å²) in [5.41, 5.74) is 0.861. The van der Waals surface area contributed by atoms with Crippen LogP contribution in [0.5, 0.6) is 0 Å². The van der Waals surface area contributed by atoms with Crippen molar-refractivity contribution in [2.24, 2.45) is 5.92 Å². The van der Waals surface area contributed by atoms with Crippen LogP contribution in [0.3, 0.4) is 0 Å². The third kappa shape index (κ3) is 5.37. The van der Waals surface area contributed by atoms with Crippen molar-refractivity contribution in [1.82, 2.24) is 20.4 Å². The Morgan fingerprint density at radius 2 is 1.91 bits per heavy atom. The Morgan fingerprint density at radius 3 is 2.66 bits per heavy atom. The Labute approximate surface area is 185 Å². The molecular weight excluding hydrogens is 417 g/mol. The molecule has 3 atom stereocenters. The number of rotatable bonds is 7. The van der Waals surface area contributed by atoms with Crippen LogP contribution in [0.25, 0.3) is 11.4 Å². The predicted octanol–water partition coefficient (Wildman–Crippen LogP) is 5.32. The fraction of sp³-hybridized carbons (Fsp3) is 0.417. The number of nitrogens with one attached hydrogen (secondary N) is 1. The van der Waals surface area contributed by atoms with Crippen molar-refractivity contribution in [2.75, 3.05) is 13.1 Å². The first kappa shape index (κ1) is 22.5. The van der Waals surface area contributed by atoms with Crippen molar-refractivity contribution >= 4 is 0 Å². The Balaban J connectivity index is 1.35. The van der Waals surface area contributed by atoms with Gasteiger partial charge in [-0.15, -0.1) is 0 Å². The van der Waals surface area contributed by atoms with Crippen LogP contribution in [-0.2, 0) is 12.7 Å². The molecule has 0 bridgehead atoms. The van der Waals surface area contributed by atoms with Crippen LogP contribution in [0, 0.1) is 5.92 Å². The van der Waals surface area contributed by atoms with Crippen LogP contribution in [0.1, 0.15) is 43.3 Å². The van der Waals surface area contributed by atoms with Gasteiger partial charge < -0.3 is 9.84 Å². The summed E-state index contributed by atoms with van der Waals surface area (Å²) >= 11 is 0. The maximum Gasteiger partial charge on any atom is 0.416 e. The Kier molecular flexibility index (Phi) is 6.62. The van der Waals surface area contributed by atoms with Gasteiger partial charge in [-0.1, -0.05) is 47.6 Å². The Morgan fingerprint density at radius 1 is 1.12 bits per heavy atom. The van der Waals surface area contributed by atoms with Crippen LogP contribution in [0.2, 0.25) is 0 Å². The predicted molar refractivity (Wildman–Crippen MR) is 116 cm³/mol. The van der Waals surface area contributed by atoms with Gasteiger partial charge in [-0.3, -0.25) is 4.90 Å². The average molecular weight is 445 g/mol. The van der Waals surface area contributed by atoms with Gasteiger partial charge in [0.2, 0.25) is 11.7 Å². The molecule has 4 rings (SSSR count). The molecule has 1 saturated heterocycles. The van der Waals surface area contributed by atoms with Gasteiger partial charge in [-0.25, -0.2) is 0 Å². The smallest absolute Gasteiger partial charge is 0.337 e. The first-order chi connectivity index (χ1) is 15.3. The maximum atomic E-state index is 13.0. The number of hydrogen-bond acceptors (Lipinski definition) is 5. The summed E-state index contributed by atoms with van der Waals surface area (Å²) in [6.45, 7) is 7.09. The number of benzene rings is 2. The molecule has 5 nitrogen and oxygen atoms in total. The Bertz CT molecular complexity index is 1020. The molecule has 1 fully saturated rings. The molecule has 0 amide bonds. The lowest BCUT2D eigenvalue weighted by Crippen LogP contribution is -2.37. The molecule has 170 valence electrons. The first-order valence-electron chi connectivity index (χ1n) is 10.8. The number of alkyl halides is 3. The van der Waals surface area contributed by atoms with E-state index in [2.05, 4.69) is 51.5 Å². The molecule has 0 unspecified atom stereocenters. The van der Waals surface area contributed by atoms with E-state index < -0.39 is 11.7 Å². The van der Waals surface area contributed by atoms with Crippen LogP contribution in [0.4, 0.5) is 13.2 Å². The van der Waals surface area contributed by atoms with E-state index in [-0.39, 0.29) is 23.5 Å². The normalized spacial score (nSPS) is 19.2. The summed E-state index contributed by atoms with van der Waals surface area (Å²) in [6.07, 6.45) is -3.31. The van der Waals surface area contributed by atoms with E-state index in [0.29, 0.717) is 11.8 Å². The molecule has 3 aromatic rings. The quantitative estimate of drug-likeness (QED) is 0.535. The van der Waals surface area contributed by atoms with Gasteiger partial charge in [0.25, 0.3) is 0 Å². The van der Waals surface area contributed by atoms with E-state index in [0.717, 1.165) is 38.2 Å². The molecule has 2 aromatic carbocycles. The maximum absolute atomic E-state index is 13.0. The first-order valence-corrected chi connectivity index (χ1v) is 10.8. The highest BCUT2D eigenvalue weighted by atomic mass is 19.4. The molecule has 1 N–H and O–H groups in total. The summed E-state index contributed by atoms with van der Waals surface area (Å²) in [5.74, 6) is 1.01. The van der Waals surface area contributed by atoms with Crippen LogP contribution in [0.15, 0.2) is 59.1 Å². The minimum absolute atomic E-state index is 0.155. The average Bonchev–Trinajstić information content (AvgIpc) is 3.44. The molecule has 0 saturated carbocycles. The standard InChI is InChI=1S/C24H27F3N4O/c1-16(20-11-12-31(15-20)14-18-7-4-3-5-8-18)28-17(2)23-29-22(30-32-23)19-9-6-10-21(13-19)24(25,26)27/h3-10,13,16-17,20,28H,11-12,14-15H2,1-2H3/t16-,17+,20-/m1/s1. The molecule has 1 aliphatic heterocycles. The fourth-order valence-corrected chi connectivity index (χ4v) is 4.22. The minimum atomic E-state index is -4.41. The second-order valence-corrected chi connectivity index (χ2v) is 8.48. The lowest BCUT2D eigenvalue weighted by molar-refractivity contribution is -0.137. The lowest BCUT2D eigenvalue weighted by Gasteiger charge is -2.24. The summed E-state index contributed by atoms with van der Waals surface area (Å²) < 4.78 is 44.3. The van der Waals surface area contributed by atoms with E-state index in [9.17, 15) is 13.2 Å². The molecule has 2 heterocycles. The van der Waals surface area contributed by atoms with E-state index in [4.69, 9.17) is 4.52 Å². The second kappa shape index (κ2) is 9.42. The van der Waals surface area contributed by atoms with Gasteiger partial charge >= 0.3 is 6.18 Å². The number of hydrogen-bond donors (Lipinski definition) is 1. The highest BCUT2D eigenvalue weighted by molar-refractivity contribution is 5.55. The zero-order valence-electron chi connectivity index (χ0n) is 18.1. The SMILES string of the molecule is C[C@H](N[C@H](C)[C@@H]1CCN(Cc2ccccc2)C1)c1nc(-c2cccc(C(F)(F)F)c2)no1. The minimum Gasteiger partial charge on any atom is -0.337 e. The third-order valence-electron chi connectivity index (χ3n) is 6.04. The van der Waals surface area contributed by atoms with Crippen molar-refractivity contribution < 1.29 is 17.7 Å². The number of halogens is 3. The van der Waals surface area contributed by atoms with Gasteiger partial charge in [-0.05, 0) is 50.4 Å². The largest absolute Gasteiger partial charge is 0.416 e. The van der Waals surface area contributed by atoms with Gasteiger partial charge in [0, 0.05) is 24.7 Å². The third-order valence-corrected chi connectivity index (χ3v) is 6.04. The highest BCUT2D eigenvalue weighted by Gasteiger charge is 2.31. The van der Waals surface area contributed by atoms with Crippen molar-refractivity contribution in [3.63, 3.8) is 0 Å². The molecule has 8 heteroatoms. The van der Waals surface area contributed by atoms with E-state index in [1.165, 1.54) is 11.6 Å². The fourth-order valence-electron chi connectivity index (χ4n) is 4.22. The van der Waals surface area contributed by atoms with Gasteiger partial charge in [0.05, 0.1) is 11.6 Å². The lowest BCUT2D eigenvalue weighted by atomic mass is 10.00. The van der Waals surface area contributed by atoms with Crippen LogP contribution in [-0.4, -0.2) is 34.2 Å². The van der Waals surface area contributed by atoms with Crippen LogP contribution >= 0.6 is 0 Å². The number of aromatic nitrogens is 2. The summed E-state index contributed by atoms with van der Waals surface area (Å²) in [6, 6.07) is 15.4. The zero-order valence-corrected chi connectivity index (χ0v) is 18.1. The van der Waals surface area contributed by atoms with E-state index in [1.54, 1.807) is 6.07 Å².